The molecule has 0 spiro atoms. The number of unbranched alkanes of at least 4 members (excludes halogenated alkanes) is 3. The van der Waals surface area contributed by atoms with Gasteiger partial charge in [-0.05, 0) is 24.9 Å². The van der Waals surface area contributed by atoms with Crippen LogP contribution in [0.4, 0.5) is 4.79 Å². The molecule has 6 heteroatoms. The summed E-state index contributed by atoms with van der Waals surface area (Å²) in [6.07, 6.45) is 6.69. The van der Waals surface area contributed by atoms with E-state index < -0.39 is 5.97 Å². The Morgan fingerprint density at radius 1 is 1.28 bits per heavy atom. The number of carbonyl (C=O) groups excluding carboxylic acids is 1. The number of carboxylic acid groups (broad SMARTS) is 1. The molecule has 0 atom stereocenters. The second kappa shape index (κ2) is 8.24. The first kappa shape index (κ1) is 15.1. The number of amides is 2. The lowest BCUT2D eigenvalue weighted by molar-refractivity contribution is -0.146. The minimum absolute atomic E-state index is 0.128. The van der Waals surface area contributed by atoms with Crippen LogP contribution in [-0.4, -0.2) is 53.6 Å². The molecule has 1 saturated heterocycles. The van der Waals surface area contributed by atoms with Crippen molar-refractivity contribution in [2.24, 2.45) is 5.92 Å². The highest BCUT2D eigenvalue weighted by Crippen LogP contribution is 2.15. The van der Waals surface area contributed by atoms with E-state index in [-0.39, 0.29) is 11.9 Å². The Hall–Kier alpha value is -0.910. The van der Waals surface area contributed by atoms with Crippen LogP contribution in [0.25, 0.3) is 0 Å². The van der Waals surface area contributed by atoms with Crippen molar-refractivity contribution < 1.29 is 14.7 Å². The summed E-state index contributed by atoms with van der Waals surface area (Å²) in [5.41, 5.74) is 0. The number of hydrogen-bond donors (Lipinski definition) is 2. The van der Waals surface area contributed by atoms with Gasteiger partial charge in [0, 0.05) is 19.6 Å². The zero-order valence-electron chi connectivity index (χ0n) is 10.9. The van der Waals surface area contributed by atoms with E-state index in [4.69, 9.17) is 5.11 Å². The van der Waals surface area contributed by atoms with Crippen LogP contribution in [0.5, 0.6) is 0 Å². The topological polar surface area (TPSA) is 69.6 Å². The zero-order valence-corrected chi connectivity index (χ0v) is 11.7. The highest BCUT2D eigenvalue weighted by molar-refractivity contribution is 7.98. The molecule has 0 aromatic rings. The molecular weight excluding hydrogens is 252 g/mol. The van der Waals surface area contributed by atoms with E-state index in [0.29, 0.717) is 19.6 Å². The molecule has 1 heterocycles. The molecule has 0 aromatic heterocycles. The zero-order chi connectivity index (χ0) is 13.4. The molecule has 0 radical (unpaired) electrons. The maximum atomic E-state index is 11.5. The van der Waals surface area contributed by atoms with Crippen LogP contribution >= 0.6 is 11.8 Å². The Kier molecular flexibility index (Phi) is 6.93. The van der Waals surface area contributed by atoms with Gasteiger partial charge in [0.05, 0.1) is 5.92 Å². The van der Waals surface area contributed by atoms with Gasteiger partial charge in [0.25, 0.3) is 0 Å². The molecular formula is C12H22N2O3S. The van der Waals surface area contributed by atoms with E-state index in [2.05, 4.69) is 11.6 Å². The maximum Gasteiger partial charge on any atom is 0.317 e. The van der Waals surface area contributed by atoms with Gasteiger partial charge in [-0.2, -0.15) is 11.8 Å². The standard InChI is InChI=1S/C12H22N2O3S/c1-18-7-5-3-2-4-6-13-12(17)14-8-10(9-14)11(15)16/h10H,2-9H2,1H3,(H,13,17)(H,15,16). The second-order valence-electron chi connectivity index (χ2n) is 4.58. The summed E-state index contributed by atoms with van der Waals surface area (Å²) >= 11 is 1.86. The number of carbonyl (C=O) groups is 2. The van der Waals surface area contributed by atoms with Gasteiger partial charge < -0.3 is 15.3 Å². The molecule has 5 nitrogen and oxygen atoms in total. The maximum absolute atomic E-state index is 11.5. The molecule has 2 amide bonds. The van der Waals surface area contributed by atoms with Gasteiger partial charge in [0.1, 0.15) is 0 Å². The van der Waals surface area contributed by atoms with Gasteiger partial charge in [0.2, 0.25) is 0 Å². The number of thioether (sulfide) groups is 1. The van der Waals surface area contributed by atoms with E-state index in [1.54, 1.807) is 4.90 Å². The molecule has 2 N–H and O–H groups in total. The molecule has 18 heavy (non-hydrogen) atoms. The van der Waals surface area contributed by atoms with E-state index in [0.717, 1.165) is 12.8 Å². The van der Waals surface area contributed by atoms with Crippen LogP contribution in [0.1, 0.15) is 25.7 Å². The number of rotatable bonds is 8. The normalized spacial score (nSPS) is 15.3. The predicted octanol–water partition coefficient (Wildman–Crippen LogP) is 1.64. The molecule has 1 rings (SSSR count). The molecule has 0 aliphatic carbocycles. The van der Waals surface area contributed by atoms with Crippen molar-refractivity contribution in [3.8, 4) is 0 Å². The van der Waals surface area contributed by atoms with Crippen molar-refractivity contribution in [3.05, 3.63) is 0 Å². The first-order chi connectivity index (χ1) is 8.65. The lowest BCUT2D eigenvalue weighted by atomic mass is 10.0. The van der Waals surface area contributed by atoms with Crippen LogP contribution in [0.2, 0.25) is 0 Å². The highest BCUT2D eigenvalue weighted by atomic mass is 32.2. The van der Waals surface area contributed by atoms with Crippen LogP contribution < -0.4 is 5.32 Å². The Balaban J connectivity index is 1.94. The lowest BCUT2D eigenvalue weighted by Crippen LogP contribution is -2.56. The Morgan fingerprint density at radius 2 is 1.94 bits per heavy atom. The first-order valence-corrected chi connectivity index (χ1v) is 7.79. The van der Waals surface area contributed by atoms with Gasteiger partial charge in [-0.3, -0.25) is 4.79 Å². The summed E-state index contributed by atoms with van der Waals surface area (Å²) in [6, 6.07) is -0.128. The highest BCUT2D eigenvalue weighted by Gasteiger charge is 2.35. The molecule has 0 unspecified atom stereocenters. The summed E-state index contributed by atoms with van der Waals surface area (Å²) in [6.45, 7) is 1.37. The first-order valence-electron chi connectivity index (χ1n) is 6.39. The molecule has 0 bridgehead atoms. The van der Waals surface area contributed by atoms with Crippen molar-refractivity contribution in [1.29, 1.82) is 0 Å². The van der Waals surface area contributed by atoms with Gasteiger partial charge in [-0.1, -0.05) is 12.8 Å². The van der Waals surface area contributed by atoms with Crippen molar-refractivity contribution in [1.82, 2.24) is 10.2 Å². The number of aliphatic carboxylic acids is 1. The largest absolute Gasteiger partial charge is 0.481 e. The quantitative estimate of drug-likeness (QED) is 0.660. The van der Waals surface area contributed by atoms with Crippen molar-refractivity contribution in [2.75, 3.05) is 31.6 Å². The minimum Gasteiger partial charge on any atom is -0.481 e. The average Bonchev–Trinajstić information content (AvgIpc) is 2.25. The average molecular weight is 274 g/mol. The monoisotopic (exact) mass is 274 g/mol. The number of urea groups is 1. The lowest BCUT2D eigenvalue weighted by Gasteiger charge is -2.36. The number of nitrogens with one attached hydrogen (secondary N) is 1. The van der Waals surface area contributed by atoms with Crippen LogP contribution in [-0.2, 0) is 4.79 Å². The van der Waals surface area contributed by atoms with Crippen LogP contribution in [0.3, 0.4) is 0 Å². The van der Waals surface area contributed by atoms with Gasteiger partial charge >= 0.3 is 12.0 Å². The number of nitrogens with zero attached hydrogens (tertiary/aromatic N) is 1. The van der Waals surface area contributed by atoms with Crippen molar-refractivity contribution in [2.45, 2.75) is 25.7 Å². The van der Waals surface area contributed by atoms with Gasteiger partial charge in [0.15, 0.2) is 0 Å². The van der Waals surface area contributed by atoms with E-state index in [1.165, 1.54) is 18.6 Å². The molecule has 0 saturated carbocycles. The predicted molar refractivity (Wildman–Crippen MR) is 72.9 cm³/mol. The molecule has 1 fully saturated rings. The fraction of sp³-hybridized carbons (Fsp3) is 0.833. The molecule has 0 aromatic carbocycles. The van der Waals surface area contributed by atoms with E-state index in [9.17, 15) is 9.59 Å². The van der Waals surface area contributed by atoms with Gasteiger partial charge in [-0.25, -0.2) is 4.79 Å². The van der Waals surface area contributed by atoms with Crippen molar-refractivity contribution >= 4 is 23.8 Å². The van der Waals surface area contributed by atoms with Crippen LogP contribution in [0.15, 0.2) is 0 Å². The number of likely N-dealkylation sites (tertiary alicyclic amines) is 1. The third-order valence-electron chi connectivity index (χ3n) is 3.07. The molecule has 1 aliphatic rings. The second-order valence-corrected chi connectivity index (χ2v) is 5.56. The van der Waals surface area contributed by atoms with E-state index in [1.807, 2.05) is 11.8 Å². The summed E-state index contributed by atoms with van der Waals surface area (Å²) in [4.78, 5) is 23.7. The summed E-state index contributed by atoms with van der Waals surface area (Å²) < 4.78 is 0. The van der Waals surface area contributed by atoms with Crippen LogP contribution in [0, 0.1) is 5.92 Å². The Morgan fingerprint density at radius 3 is 2.56 bits per heavy atom. The summed E-state index contributed by atoms with van der Waals surface area (Å²) in [5.74, 6) is 0.0200. The fourth-order valence-electron chi connectivity index (χ4n) is 1.83. The summed E-state index contributed by atoms with van der Waals surface area (Å²) in [5, 5.41) is 11.5. The molecule has 104 valence electrons. The van der Waals surface area contributed by atoms with Gasteiger partial charge in [-0.15, -0.1) is 0 Å². The Labute approximate surface area is 112 Å². The molecule has 1 aliphatic heterocycles. The SMILES string of the molecule is CSCCCCCCNC(=O)N1CC(C(=O)O)C1. The fourth-order valence-corrected chi connectivity index (χ4v) is 2.33. The number of hydrogen-bond acceptors (Lipinski definition) is 3. The Bertz CT molecular complexity index is 280. The minimum atomic E-state index is -0.812. The smallest absolute Gasteiger partial charge is 0.317 e. The van der Waals surface area contributed by atoms with Crippen molar-refractivity contribution in [3.63, 3.8) is 0 Å². The third kappa shape index (κ3) is 5.16. The third-order valence-corrected chi connectivity index (χ3v) is 3.77. The van der Waals surface area contributed by atoms with E-state index >= 15 is 0 Å². The number of carboxylic acids is 1. The summed E-state index contributed by atoms with van der Waals surface area (Å²) in [7, 11) is 0.